The molecule has 10 heterocycles. The monoisotopic (exact) mass is 2530 g/mol. The van der Waals surface area contributed by atoms with Gasteiger partial charge in [-0.05, 0) is 189 Å². The van der Waals surface area contributed by atoms with E-state index >= 15 is 0 Å². The molecule has 0 radical (unpaired) electrons. The summed E-state index contributed by atoms with van der Waals surface area (Å²) in [5, 5.41) is 0. The molecule has 5 aliphatic heterocycles. The van der Waals surface area contributed by atoms with Crippen molar-refractivity contribution < 1.29 is 139 Å². The van der Waals surface area contributed by atoms with Crippen LogP contribution >= 0.6 is 0 Å². The third-order valence-corrected chi connectivity index (χ3v) is 24.5. The molecule has 10 aromatic rings. The number of likely N-dealkylation sites (N-methyl/N-ethyl adjacent to an activating group) is 1. The van der Waals surface area contributed by atoms with Gasteiger partial charge in [0.1, 0.15) is 0 Å². The molecule has 0 N–H and O–H groups in total. The summed E-state index contributed by atoms with van der Waals surface area (Å²) in [7, 11) is 3.87. The molecule has 0 bridgehead atoms. The second-order valence-electron chi connectivity index (χ2n) is 34.2. The number of carbonyl (C=O) groups is 5. The Morgan fingerprint density at radius 1 is 0.363 bits per heavy atom. The first kappa shape index (κ1) is 107. The molecule has 0 spiro atoms. The zero-order valence-corrected chi connectivity index (χ0v) is 90.5. The summed E-state index contributed by atoms with van der Waals surface area (Å²) in [4.78, 5) is 77.6. The standard InChI is InChI=1S/C22H29N2O2.C21H27N2O.C20H25N2O.C19H24N3O.C19H23N2O2.5W/c1-4-14-26-20-10-12-23(13-11-20)16-22(25)21-15-17(2)24(18(21)3)19-8-6-5-7-9-19;1-16-14-19(17(2)23(16)18-8-6-5-7-9-18)20(24)15-22-12-10-21(3,4)11-13-22;1-15-8-7-11-21(13-15)14-20(23)19-12-16(2)22(17(19)3)18-9-5-4-6-10-18;1-15-13-18(16(2)22(15)17-7-5-4-6-8-17)19(23)14-21-11-9-20(3)10-12-21;1-14-11-18(15(2)21(14)16-7-5-4-6-8-16)19(22)13-20-10-9-17(12-20)23-3;;;;;/h6-9,15,20H,4,10-14,16H2,1-3H3;6-9,14H,10-13,15H2,1-4H3;5-6,9-10,12,15H,7-8,11,13-14H2,1-3H3;5-8,13H,9-12,14H2,1-3H3;5-8,11,17H,9-10,12-13H2,1-3H3;;;;;/q5*-1;;;;;. The van der Waals surface area contributed by atoms with Gasteiger partial charge in [-0.15, -0.1) is 60.7 Å². The Bertz CT molecular complexity index is 4880. The van der Waals surface area contributed by atoms with E-state index in [0.29, 0.717) is 50.2 Å². The minimum atomic E-state index is 0. The fourth-order valence-corrected chi connectivity index (χ4v) is 17.7. The van der Waals surface area contributed by atoms with Crippen molar-refractivity contribution in [1.29, 1.82) is 0 Å². The number of ketones is 5. The number of aromatic nitrogens is 5. The number of nitrogens with zero attached hydrogens (tertiary/aromatic N) is 11. The average molecular weight is 2530 g/mol. The van der Waals surface area contributed by atoms with Crippen LogP contribution in [0.25, 0.3) is 28.4 Å². The fraction of sp³-hybridized carbons (Fsp3) is 0.455. The van der Waals surface area contributed by atoms with Crippen molar-refractivity contribution in [3.05, 3.63) is 267 Å². The van der Waals surface area contributed by atoms with E-state index in [1.165, 1.54) is 25.7 Å². The van der Waals surface area contributed by atoms with E-state index in [1.807, 2.05) is 193 Å². The number of carbonyl (C=O) groups excluding carboxylic acids is 5. The van der Waals surface area contributed by atoms with Crippen LogP contribution in [0.5, 0.6) is 0 Å². The Hall–Kier alpha value is -6.03. The maximum Gasteiger partial charge on any atom is 0.178 e. The molecule has 5 aromatic heterocycles. The molecule has 5 aromatic carbocycles. The normalized spacial score (nSPS) is 16.9. The van der Waals surface area contributed by atoms with Crippen LogP contribution in [0.4, 0.5) is 0 Å². The first-order valence-corrected chi connectivity index (χ1v) is 43.1. The van der Waals surface area contributed by atoms with Crippen molar-refractivity contribution in [2.24, 2.45) is 11.3 Å². The topological polar surface area (TPSA) is 148 Å². The molecule has 5 saturated heterocycles. The predicted molar refractivity (Wildman–Crippen MR) is 478 cm³/mol. The van der Waals surface area contributed by atoms with Crippen LogP contribution in [0.2, 0.25) is 0 Å². The molecule has 15 rings (SSSR count). The van der Waals surface area contributed by atoms with E-state index in [-0.39, 0.29) is 140 Å². The van der Waals surface area contributed by atoms with Crippen molar-refractivity contribution in [2.75, 3.05) is 132 Å². The number of likely N-dealkylation sites (tertiary alicyclic amines) is 4. The van der Waals surface area contributed by atoms with Crippen molar-refractivity contribution in [2.45, 2.75) is 161 Å². The molecular formula is C101H128N11O7W5-5. The number of rotatable bonds is 24. The first-order valence-electron chi connectivity index (χ1n) is 43.1. The molecule has 664 valence electrons. The molecule has 5 fully saturated rings. The fourth-order valence-electron chi connectivity index (χ4n) is 17.7. The molecule has 5 aliphatic rings. The minimum absolute atomic E-state index is 0. The molecule has 23 heteroatoms. The smallest absolute Gasteiger partial charge is 0.178 e. The van der Waals surface area contributed by atoms with Gasteiger partial charge in [-0.1, -0.05) is 56.1 Å². The van der Waals surface area contributed by atoms with Crippen LogP contribution in [-0.4, -0.2) is 225 Å². The number of aryl methyl sites for hydroxylation is 5. The number of hydrogen-bond donors (Lipinski definition) is 0. The molecule has 0 saturated carbocycles. The molecular weight excluding hydrogens is 2400 g/mol. The number of ether oxygens (including phenoxy) is 2. The number of piperazine rings is 1. The Labute approximate surface area is 811 Å². The third kappa shape index (κ3) is 28.7. The third-order valence-electron chi connectivity index (χ3n) is 24.5. The van der Waals surface area contributed by atoms with Crippen LogP contribution in [0.1, 0.15) is 188 Å². The minimum Gasteiger partial charge on any atom is -0.380 e. The van der Waals surface area contributed by atoms with Gasteiger partial charge in [0.2, 0.25) is 0 Å². The second-order valence-corrected chi connectivity index (χ2v) is 34.2. The van der Waals surface area contributed by atoms with Gasteiger partial charge in [-0.3, -0.25) is 48.5 Å². The molecule has 18 nitrogen and oxygen atoms in total. The number of methoxy groups -OCH3 is 1. The van der Waals surface area contributed by atoms with Crippen LogP contribution in [0.15, 0.2) is 152 Å². The van der Waals surface area contributed by atoms with Gasteiger partial charge < -0.3 is 37.2 Å². The van der Waals surface area contributed by atoms with E-state index in [2.05, 4.69) is 145 Å². The van der Waals surface area contributed by atoms with Crippen molar-refractivity contribution in [1.82, 2.24) is 52.2 Å². The van der Waals surface area contributed by atoms with E-state index in [9.17, 15) is 24.0 Å². The van der Waals surface area contributed by atoms with E-state index in [1.54, 1.807) is 7.11 Å². The van der Waals surface area contributed by atoms with E-state index in [4.69, 9.17) is 9.47 Å². The van der Waals surface area contributed by atoms with Crippen molar-refractivity contribution >= 4 is 28.9 Å². The predicted octanol–water partition coefficient (Wildman–Crippen LogP) is 17.1. The van der Waals surface area contributed by atoms with Crippen LogP contribution in [0.3, 0.4) is 0 Å². The van der Waals surface area contributed by atoms with Gasteiger partial charge in [-0.2, -0.15) is 91.0 Å². The van der Waals surface area contributed by atoms with Crippen LogP contribution < -0.4 is 0 Å². The van der Waals surface area contributed by atoms with Crippen LogP contribution in [0, 0.1) is 111 Å². The number of benzene rings is 5. The molecule has 124 heavy (non-hydrogen) atoms. The zero-order chi connectivity index (χ0) is 85.0. The summed E-state index contributed by atoms with van der Waals surface area (Å²) >= 11 is 0. The Balaban J connectivity index is 0.000000237. The Morgan fingerprint density at radius 2 is 0.629 bits per heavy atom. The van der Waals surface area contributed by atoms with E-state index in [0.717, 1.165) is 224 Å². The van der Waals surface area contributed by atoms with Crippen molar-refractivity contribution in [3.8, 4) is 28.4 Å². The van der Waals surface area contributed by atoms with Gasteiger partial charge in [0.15, 0.2) is 28.9 Å². The molecule has 2 unspecified atom stereocenters. The number of Topliss-reactive ketones (excluding diaryl/α,β-unsaturated/α-hetero) is 5. The Kier molecular flexibility index (Phi) is 44.2. The number of hydrogen-bond acceptors (Lipinski definition) is 13. The first-order chi connectivity index (χ1) is 57.2. The maximum atomic E-state index is 12.9. The molecule has 2 atom stereocenters. The summed E-state index contributed by atoms with van der Waals surface area (Å²) in [6.07, 6.45) is 9.55. The summed E-state index contributed by atoms with van der Waals surface area (Å²) in [5.41, 5.74) is 20.6. The van der Waals surface area contributed by atoms with Gasteiger partial charge in [0.05, 0.1) is 44.9 Å². The zero-order valence-electron chi connectivity index (χ0n) is 75.9. The molecule has 0 amide bonds. The maximum absolute atomic E-state index is 12.9. The number of piperidine rings is 3. The average Bonchev–Trinajstić information content (AvgIpc) is 1.68. The molecule has 0 aliphatic carbocycles. The summed E-state index contributed by atoms with van der Waals surface area (Å²) in [6, 6.07) is 64.6. The van der Waals surface area contributed by atoms with Gasteiger partial charge in [0.25, 0.3) is 0 Å². The quantitative estimate of drug-likeness (QED) is 0.0418. The summed E-state index contributed by atoms with van der Waals surface area (Å²) in [5.74, 6) is 1.78. The van der Waals surface area contributed by atoms with E-state index < -0.39 is 0 Å². The Morgan fingerprint density at radius 3 is 0.911 bits per heavy atom. The SMILES string of the molecule is CCCOC1CCN(CC(=O)c2cc(C)n(-c3cc[c-]cc3)c2C)CC1.COC1CCN(CC(=O)c2cc(C)n(-c3cc[c-]cc3)c2C)C1.Cc1cc(C(=O)CN2CCC(C)(C)CC2)c(C)n1-c1cc[c-]cc1.Cc1cc(C(=O)CN2CCCC(C)C2)c(C)n1-c1cc[c-]cc1.Cc1cc(C(=O)CN2CCN(C)CC2)c(C)n1-c1cc[c-]cc1.[W].[W].[W].[W].[W]. The van der Waals surface area contributed by atoms with Gasteiger partial charge in [0, 0.05) is 263 Å². The van der Waals surface area contributed by atoms with Gasteiger partial charge in [-0.25, -0.2) is 0 Å². The van der Waals surface area contributed by atoms with Crippen LogP contribution in [-0.2, 0) is 115 Å². The van der Waals surface area contributed by atoms with Gasteiger partial charge >= 0.3 is 0 Å². The second kappa shape index (κ2) is 51.4. The summed E-state index contributed by atoms with van der Waals surface area (Å²) in [6.45, 7) is 44.6. The largest absolute Gasteiger partial charge is 0.380 e. The summed E-state index contributed by atoms with van der Waals surface area (Å²) < 4.78 is 21.9. The van der Waals surface area contributed by atoms with Crippen molar-refractivity contribution in [3.63, 3.8) is 0 Å².